The summed E-state index contributed by atoms with van der Waals surface area (Å²) < 4.78 is 0. The average Bonchev–Trinajstić information content (AvgIpc) is 3.29. The average molecular weight is 292 g/mol. The SMILES string of the molecule is C[C@]12[C@@H]3[C@@H]4C[C@@H]([C@H]5C=CC=C[C@H]54)[C@@H]3[C@@]1(C)[C@@H]1[C@H]3CC[C@H](C3)[C@@H]12. The lowest BCUT2D eigenvalue weighted by atomic mass is 9.19. The van der Waals surface area contributed by atoms with Crippen molar-refractivity contribution in [2.45, 2.75) is 39.5 Å². The Morgan fingerprint density at radius 1 is 0.682 bits per heavy atom. The summed E-state index contributed by atoms with van der Waals surface area (Å²) in [5.41, 5.74) is 1.48. The molecule has 0 unspecified atom stereocenters. The van der Waals surface area contributed by atoms with Crippen LogP contribution in [-0.4, -0.2) is 0 Å². The van der Waals surface area contributed by atoms with Crippen molar-refractivity contribution in [1.82, 2.24) is 0 Å². The highest BCUT2D eigenvalue weighted by atomic mass is 14.9. The lowest BCUT2D eigenvalue weighted by Crippen LogP contribution is -2.81. The van der Waals surface area contributed by atoms with Crippen molar-refractivity contribution in [2.24, 2.45) is 70.0 Å². The summed E-state index contributed by atoms with van der Waals surface area (Å²) in [5, 5.41) is 0. The molecule has 0 aromatic carbocycles. The van der Waals surface area contributed by atoms with Crippen LogP contribution in [0.2, 0.25) is 0 Å². The van der Waals surface area contributed by atoms with Crippen LogP contribution in [-0.2, 0) is 0 Å². The molecule has 0 aromatic rings. The highest BCUT2D eigenvalue weighted by Crippen LogP contribution is 2.93. The van der Waals surface area contributed by atoms with E-state index in [-0.39, 0.29) is 0 Å². The molecule has 0 nitrogen and oxygen atoms in total. The fraction of sp³-hybridized carbons (Fsp3) is 0.818. The Kier molecular flexibility index (Phi) is 1.72. The quantitative estimate of drug-likeness (QED) is 0.555. The molecule has 0 aliphatic heterocycles. The molecule has 7 aliphatic rings. The van der Waals surface area contributed by atoms with Crippen LogP contribution in [0, 0.1) is 70.0 Å². The normalized spacial score (nSPS) is 74.1. The number of rotatable bonds is 0. The third-order valence-corrected chi connectivity index (χ3v) is 10.9. The number of hydrogen-bond acceptors (Lipinski definition) is 0. The Bertz CT molecular complexity index is 588. The molecule has 6 saturated carbocycles. The van der Waals surface area contributed by atoms with Gasteiger partial charge in [0, 0.05) is 0 Å². The maximum absolute atomic E-state index is 2.76. The van der Waals surface area contributed by atoms with Gasteiger partial charge in [0.1, 0.15) is 0 Å². The zero-order chi connectivity index (χ0) is 14.4. The molecule has 0 radical (unpaired) electrons. The lowest BCUT2D eigenvalue weighted by Gasteiger charge is -2.85. The molecular weight excluding hydrogens is 264 g/mol. The third-order valence-electron chi connectivity index (χ3n) is 10.9. The molecule has 0 amide bonds. The molecule has 7 aliphatic carbocycles. The first kappa shape index (κ1) is 11.9. The molecule has 0 aromatic heterocycles. The van der Waals surface area contributed by atoms with E-state index in [0.717, 1.165) is 70.0 Å². The molecule has 0 N–H and O–H groups in total. The first-order chi connectivity index (χ1) is 10.7. The Hall–Kier alpha value is -0.520. The summed E-state index contributed by atoms with van der Waals surface area (Å²) >= 11 is 0. The predicted molar refractivity (Wildman–Crippen MR) is 87.9 cm³/mol. The molecule has 12 atom stereocenters. The summed E-state index contributed by atoms with van der Waals surface area (Å²) in [5.74, 6) is 10.6. The molecule has 22 heavy (non-hydrogen) atoms. The lowest BCUT2D eigenvalue weighted by molar-refractivity contribution is -0.379. The van der Waals surface area contributed by atoms with E-state index in [1.54, 1.807) is 25.7 Å². The first-order valence-electron chi connectivity index (χ1n) is 10.0. The Balaban J connectivity index is 1.36. The van der Waals surface area contributed by atoms with Crippen molar-refractivity contribution >= 4 is 0 Å². The molecule has 4 bridgehead atoms. The van der Waals surface area contributed by atoms with Crippen molar-refractivity contribution in [1.29, 1.82) is 0 Å². The number of fused-ring (bicyclic) bond motifs is 18. The van der Waals surface area contributed by atoms with Gasteiger partial charge in [0.05, 0.1) is 0 Å². The second-order valence-corrected chi connectivity index (χ2v) is 10.5. The second kappa shape index (κ2) is 3.17. The van der Waals surface area contributed by atoms with Crippen LogP contribution < -0.4 is 0 Å². The van der Waals surface area contributed by atoms with E-state index in [4.69, 9.17) is 0 Å². The minimum atomic E-state index is 0.738. The van der Waals surface area contributed by atoms with Crippen molar-refractivity contribution in [2.75, 3.05) is 0 Å². The van der Waals surface area contributed by atoms with Crippen LogP contribution in [0.5, 0.6) is 0 Å². The predicted octanol–water partition coefficient (Wildman–Crippen LogP) is 4.93. The number of allylic oxidation sites excluding steroid dienone is 4. The van der Waals surface area contributed by atoms with Gasteiger partial charge in [-0.05, 0) is 95.7 Å². The zero-order valence-corrected chi connectivity index (χ0v) is 13.9. The minimum absolute atomic E-state index is 0.738. The molecule has 7 rings (SSSR count). The van der Waals surface area contributed by atoms with Crippen LogP contribution in [0.25, 0.3) is 0 Å². The fourth-order valence-corrected chi connectivity index (χ4v) is 10.8. The van der Waals surface area contributed by atoms with Gasteiger partial charge in [0.2, 0.25) is 0 Å². The Morgan fingerprint density at radius 3 is 1.68 bits per heavy atom. The molecule has 0 saturated heterocycles. The van der Waals surface area contributed by atoms with Crippen LogP contribution in [0.3, 0.4) is 0 Å². The maximum atomic E-state index is 2.76. The topological polar surface area (TPSA) is 0 Å². The van der Waals surface area contributed by atoms with Gasteiger partial charge < -0.3 is 0 Å². The van der Waals surface area contributed by atoms with E-state index in [9.17, 15) is 0 Å². The standard InChI is InChI=1S/C22H28/c1-21-17-11-7-8-12(9-11)18(17)22(21,2)20-16-10-15(19(20)21)13-5-3-4-6-14(13)16/h3-6,11-20H,7-10H2,1-2H3/t11-,12+,13-,14+,15-,16+,17+,18-,19-,20+,21+,22-. The van der Waals surface area contributed by atoms with Crippen LogP contribution in [0.1, 0.15) is 39.5 Å². The van der Waals surface area contributed by atoms with E-state index in [0.29, 0.717) is 0 Å². The zero-order valence-electron chi connectivity index (χ0n) is 13.9. The van der Waals surface area contributed by atoms with Gasteiger partial charge in [-0.3, -0.25) is 0 Å². The van der Waals surface area contributed by atoms with Crippen molar-refractivity contribution < 1.29 is 0 Å². The van der Waals surface area contributed by atoms with Gasteiger partial charge in [-0.1, -0.05) is 38.2 Å². The summed E-state index contributed by atoms with van der Waals surface area (Å²) in [6.45, 7) is 5.52. The van der Waals surface area contributed by atoms with Crippen molar-refractivity contribution in [3.63, 3.8) is 0 Å². The monoisotopic (exact) mass is 292 g/mol. The van der Waals surface area contributed by atoms with Crippen molar-refractivity contribution in [3.8, 4) is 0 Å². The van der Waals surface area contributed by atoms with Crippen LogP contribution in [0.15, 0.2) is 24.3 Å². The van der Waals surface area contributed by atoms with Gasteiger partial charge >= 0.3 is 0 Å². The first-order valence-corrected chi connectivity index (χ1v) is 10.0. The molecular formula is C22H28. The summed E-state index contributed by atoms with van der Waals surface area (Å²) in [4.78, 5) is 0. The highest BCUT2D eigenvalue weighted by Gasteiger charge is 2.89. The molecule has 116 valence electrons. The van der Waals surface area contributed by atoms with E-state index in [2.05, 4.69) is 38.2 Å². The molecule has 0 heterocycles. The molecule has 6 fully saturated rings. The van der Waals surface area contributed by atoms with E-state index < -0.39 is 0 Å². The Labute approximate surface area is 134 Å². The van der Waals surface area contributed by atoms with Crippen LogP contribution in [0.4, 0.5) is 0 Å². The van der Waals surface area contributed by atoms with E-state index in [1.165, 1.54) is 0 Å². The smallest absolute Gasteiger partial charge is 0.0133 e. The minimum Gasteiger partial charge on any atom is -0.0805 e. The molecule has 0 spiro atoms. The van der Waals surface area contributed by atoms with Gasteiger partial charge in [-0.15, -0.1) is 0 Å². The summed E-state index contributed by atoms with van der Waals surface area (Å²) in [6, 6.07) is 0. The summed E-state index contributed by atoms with van der Waals surface area (Å²) in [6.07, 6.45) is 16.2. The van der Waals surface area contributed by atoms with Crippen LogP contribution >= 0.6 is 0 Å². The van der Waals surface area contributed by atoms with Gasteiger partial charge in [-0.2, -0.15) is 0 Å². The fourth-order valence-electron chi connectivity index (χ4n) is 10.8. The Morgan fingerprint density at radius 2 is 1.18 bits per heavy atom. The molecule has 0 heteroatoms. The third kappa shape index (κ3) is 0.850. The van der Waals surface area contributed by atoms with Crippen molar-refractivity contribution in [3.05, 3.63) is 24.3 Å². The highest BCUT2D eigenvalue weighted by molar-refractivity contribution is 5.38. The number of hydrogen-bond donors (Lipinski definition) is 0. The maximum Gasteiger partial charge on any atom is -0.0133 e. The van der Waals surface area contributed by atoms with Gasteiger partial charge in [0.15, 0.2) is 0 Å². The van der Waals surface area contributed by atoms with E-state index in [1.807, 2.05) is 0 Å². The largest absolute Gasteiger partial charge is 0.0805 e. The summed E-state index contributed by atoms with van der Waals surface area (Å²) in [7, 11) is 0. The second-order valence-electron chi connectivity index (χ2n) is 10.5. The van der Waals surface area contributed by atoms with Gasteiger partial charge in [-0.25, -0.2) is 0 Å². The van der Waals surface area contributed by atoms with Gasteiger partial charge in [0.25, 0.3) is 0 Å². The van der Waals surface area contributed by atoms with E-state index >= 15 is 0 Å².